The molecule has 2 heterocycles. The highest BCUT2D eigenvalue weighted by molar-refractivity contribution is 9.10. The zero-order chi connectivity index (χ0) is 13.5. The quantitative estimate of drug-likeness (QED) is 0.642. The highest BCUT2D eigenvalue weighted by Crippen LogP contribution is 2.30. The molecule has 1 aliphatic heterocycles. The second kappa shape index (κ2) is 7.98. The van der Waals surface area contributed by atoms with Crippen molar-refractivity contribution >= 4 is 15.9 Å². The number of nitrogens with zero attached hydrogens (tertiary/aromatic N) is 2. The fraction of sp³-hybridized carbons (Fsp3) is 0.667. The maximum absolute atomic E-state index is 4.40. The molecule has 1 aromatic rings. The highest BCUT2D eigenvalue weighted by Gasteiger charge is 2.23. The summed E-state index contributed by atoms with van der Waals surface area (Å²) in [4.78, 5) is 7.00. The molecule has 0 aliphatic carbocycles. The number of hydrogen-bond acceptors (Lipinski definition) is 3. The van der Waals surface area contributed by atoms with Gasteiger partial charge < -0.3 is 5.32 Å². The molecule has 1 fully saturated rings. The summed E-state index contributed by atoms with van der Waals surface area (Å²) in [6.07, 6.45) is 6.99. The molecule has 106 valence electrons. The van der Waals surface area contributed by atoms with Crippen LogP contribution in [0.1, 0.15) is 44.2 Å². The Morgan fingerprint density at radius 1 is 1.37 bits per heavy atom. The molecule has 1 saturated heterocycles. The summed E-state index contributed by atoms with van der Waals surface area (Å²) in [5, 5.41) is 3.43. The van der Waals surface area contributed by atoms with Crippen LogP contribution in [0.25, 0.3) is 0 Å². The van der Waals surface area contributed by atoms with Gasteiger partial charge in [0.25, 0.3) is 0 Å². The Balaban J connectivity index is 2.10. The van der Waals surface area contributed by atoms with Crippen LogP contribution in [0.15, 0.2) is 22.9 Å². The topological polar surface area (TPSA) is 28.2 Å². The van der Waals surface area contributed by atoms with Gasteiger partial charge in [-0.05, 0) is 28.4 Å². The Hall–Kier alpha value is -0.450. The number of nitrogens with one attached hydrogen (secondary N) is 1. The number of halogens is 1. The summed E-state index contributed by atoms with van der Waals surface area (Å²) in [5.74, 6) is 0. The summed E-state index contributed by atoms with van der Waals surface area (Å²) < 4.78 is 1.01. The Morgan fingerprint density at radius 2 is 2.16 bits per heavy atom. The van der Waals surface area contributed by atoms with E-state index >= 15 is 0 Å². The molecule has 0 radical (unpaired) electrons. The molecular formula is C15H24BrN3. The molecule has 0 spiro atoms. The number of piperazine rings is 1. The lowest BCUT2D eigenvalue weighted by molar-refractivity contribution is 0.162. The molecule has 0 unspecified atom stereocenters. The number of pyridine rings is 1. The van der Waals surface area contributed by atoms with E-state index in [4.69, 9.17) is 0 Å². The van der Waals surface area contributed by atoms with Gasteiger partial charge in [-0.25, -0.2) is 4.98 Å². The minimum Gasteiger partial charge on any atom is -0.314 e. The van der Waals surface area contributed by atoms with Gasteiger partial charge in [0.15, 0.2) is 0 Å². The van der Waals surface area contributed by atoms with Crippen molar-refractivity contribution in [2.75, 3.05) is 26.2 Å². The lowest BCUT2D eigenvalue weighted by atomic mass is 9.99. The third-order valence-electron chi connectivity index (χ3n) is 3.82. The molecule has 1 aromatic heterocycles. The average molecular weight is 326 g/mol. The second-order valence-electron chi connectivity index (χ2n) is 5.18. The summed E-state index contributed by atoms with van der Waals surface area (Å²) in [6, 6.07) is 4.78. The van der Waals surface area contributed by atoms with E-state index in [0.29, 0.717) is 6.04 Å². The van der Waals surface area contributed by atoms with Crippen LogP contribution < -0.4 is 5.32 Å². The second-order valence-corrected chi connectivity index (χ2v) is 5.93. The third kappa shape index (κ3) is 4.26. The van der Waals surface area contributed by atoms with Gasteiger partial charge in [0.05, 0.1) is 0 Å². The van der Waals surface area contributed by atoms with E-state index in [9.17, 15) is 0 Å². The van der Waals surface area contributed by atoms with Crippen LogP contribution in [0.4, 0.5) is 0 Å². The number of unbranched alkanes of at least 4 members (excludes halogenated alkanes) is 2. The normalized spacial score (nSPS) is 18.4. The van der Waals surface area contributed by atoms with Crippen LogP contribution in [0, 0.1) is 0 Å². The average Bonchev–Trinajstić information content (AvgIpc) is 2.46. The van der Waals surface area contributed by atoms with Gasteiger partial charge in [-0.2, -0.15) is 0 Å². The Kier molecular flexibility index (Phi) is 6.28. The maximum Gasteiger partial charge on any atom is 0.110 e. The van der Waals surface area contributed by atoms with Gasteiger partial charge in [0, 0.05) is 44.0 Å². The molecule has 0 amide bonds. The van der Waals surface area contributed by atoms with Crippen molar-refractivity contribution in [3.05, 3.63) is 28.5 Å². The van der Waals surface area contributed by atoms with Crippen LogP contribution in [0.2, 0.25) is 0 Å². The summed E-state index contributed by atoms with van der Waals surface area (Å²) in [5.41, 5.74) is 1.35. The lowest BCUT2D eigenvalue weighted by Crippen LogP contribution is -2.45. The van der Waals surface area contributed by atoms with Crippen molar-refractivity contribution < 1.29 is 0 Å². The van der Waals surface area contributed by atoms with Gasteiger partial charge in [0.2, 0.25) is 0 Å². The van der Waals surface area contributed by atoms with Gasteiger partial charge in [-0.1, -0.05) is 32.3 Å². The Morgan fingerprint density at radius 3 is 2.84 bits per heavy atom. The molecule has 3 nitrogen and oxygen atoms in total. The van der Waals surface area contributed by atoms with E-state index in [1.165, 1.54) is 31.2 Å². The van der Waals surface area contributed by atoms with E-state index in [1.54, 1.807) is 0 Å². The zero-order valence-corrected chi connectivity index (χ0v) is 13.3. The first-order chi connectivity index (χ1) is 9.33. The smallest absolute Gasteiger partial charge is 0.110 e. The first kappa shape index (κ1) is 14.9. The minimum absolute atomic E-state index is 0.511. The Bertz CT molecular complexity index is 377. The van der Waals surface area contributed by atoms with Gasteiger partial charge in [-0.3, -0.25) is 4.90 Å². The van der Waals surface area contributed by atoms with Crippen molar-refractivity contribution in [3.63, 3.8) is 0 Å². The van der Waals surface area contributed by atoms with Crippen LogP contribution in [-0.2, 0) is 0 Å². The van der Waals surface area contributed by atoms with Crippen LogP contribution >= 0.6 is 15.9 Å². The first-order valence-electron chi connectivity index (χ1n) is 7.38. The fourth-order valence-corrected chi connectivity index (χ4v) is 3.28. The first-order valence-corrected chi connectivity index (χ1v) is 8.17. The summed E-state index contributed by atoms with van der Waals surface area (Å²) >= 11 is 3.62. The molecule has 1 aliphatic rings. The monoisotopic (exact) mass is 325 g/mol. The molecule has 0 bridgehead atoms. The van der Waals surface area contributed by atoms with Crippen molar-refractivity contribution in [2.45, 2.75) is 38.6 Å². The van der Waals surface area contributed by atoms with E-state index in [-0.39, 0.29) is 0 Å². The number of rotatable bonds is 6. The van der Waals surface area contributed by atoms with Crippen molar-refractivity contribution in [3.8, 4) is 0 Å². The van der Waals surface area contributed by atoms with Gasteiger partial charge >= 0.3 is 0 Å². The lowest BCUT2D eigenvalue weighted by Gasteiger charge is -2.35. The maximum atomic E-state index is 4.40. The SMILES string of the molecule is CCCCC[C@H](c1cccnc1Br)N1CCNCC1. The predicted octanol–water partition coefficient (Wildman–Crippen LogP) is 3.37. The molecule has 1 N–H and O–H groups in total. The molecule has 4 heteroatoms. The van der Waals surface area contributed by atoms with Gasteiger partial charge in [-0.15, -0.1) is 0 Å². The largest absolute Gasteiger partial charge is 0.314 e. The molecule has 0 saturated carbocycles. The molecule has 0 aromatic carbocycles. The number of hydrogen-bond donors (Lipinski definition) is 1. The molecule has 1 atom stereocenters. The summed E-state index contributed by atoms with van der Waals surface area (Å²) in [7, 11) is 0. The minimum atomic E-state index is 0.511. The van der Waals surface area contributed by atoms with E-state index < -0.39 is 0 Å². The van der Waals surface area contributed by atoms with Crippen molar-refractivity contribution in [1.82, 2.24) is 15.2 Å². The van der Waals surface area contributed by atoms with Gasteiger partial charge in [0.1, 0.15) is 4.60 Å². The fourth-order valence-electron chi connectivity index (χ4n) is 2.76. The number of aromatic nitrogens is 1. The molecule has 19 heavy (non-hydrogen) atoms. The van der Waals surface area contributed by atoms with Crippen LogP contribution in [-0.4, -0.2) is 36.1 Å². The Labute approximate surface area is 124 Å². The van der Waals surface area contributed by atoms with E-state index in [1.807, 2.05) is 6.20 Å². The highest BCUT2D eigenvalue weighted by atomic mass is 79.9. The van der Waals surface area contributed by atoms with Crippen LogP contribution in [0.3, 0.4) is 0 Å². The molecule has 2 rings (SSSR count). The third-order valence-corrected chi connectivity index (χ3v) is 4.48. The van der Waals surface area contributed by atoms with Crippen molar-refractivity contribution in [2.24, 2.45) is 0 Å². The predicted molar refractivity (Wildman–Crippen MR) is 83.3 cm³/mol. The standard InChI is InChI=1S/C15H24BrN3/c1-2-3-4-7-14(19-11-9-17-10-12-19)13-6-5-8-18-15(13)16/h5-6,8,14,17H,2-4,7,9-12H2,1H3/t14-/m1/s1. The van der Waals surface area contributed by atoms with Crippen LogP contribution in [0.5, 0.6) is 0 Å². The van der Waals surface area contributed by atoms with Crippen molar-refractivity contribution in [1.29, 1.82) is 0 Å². The zero-order valence-electron chi connectivity index (χ0n) is 11.7. The summed E-state index contributed by atoms with van der Waals surface area (Å²) in [6.45, 7) is 6.74. The van der Waals surface area contributed by atoms with E-state index in [0.717, 1.165) is 30.8 Å². The molecular weight excluding hydrogens is 302 g/mol. The van der Waals surface area contributed by atoms with E-state index in [2.05, 4.69) is 50.2 Å².